The second kappa shape index (κ2) is 7.66. The van der Waals surface area contributed by atoms with E-state index in [1.807, 2.05) is 25.1 Å². The van der Waals surface area contributed by atoms with Gasteiger partial charge in [-0.05, 0) is 24.1 Å². The number of amides is 1. The zero-order valence-corrected chi connectivity index (χ0v) is 16.9. The van der Waals surface area contributed by atoms with Crippen molar-refractivity contribution in [2.24, 2.45) is 12.0 Å². The Morgan fingerprint density at radius 1 is 1.19 bits per heavy atom. The van der Waals surface area contributed by atoms with E-state index >= 15 is 0 Å². The molecule has 0 aliphatic carbocycles. The predicted molar refractivity (Wildman–Crippen MR) is 107 cm³/mol. The standard InChI is InChI=1S/C19H20N2O4S2/c1-13-9-10-15(25-3)17-18(13)26-19(21(17)2)20-16(22)12-27(23,24)11-14-7-5-4-6-8-14/h4-10H,11-12H2,1-3H3. The lowest BCUT2D eigenvalue weighted by molar-refractivity contribution is -0.115. The van der Waals surface area contributed by atoms with E-state index in [0.717, 1.165) is 15.8 Å². The van der Waals surface area contributed by atoms with Crippen LogP contribution in [0.4, 0.5) is 0 Å². The van der Waals surface area contributed by atoms with E-state index in [-0.39, 0.29) is 5.75 Å². The van der Waals surface area contributed by atoms with E-state index in [4.69, 9.17) is 4.74 Å². The Bertz CT molecular complexity index is 1160. The van der Waals surface area contributed by atoms with Gasteiger partial charge in [0.05, 0.1) is 17.6 Å². The number of methoxy groups -OCH3 is 1. The van der Waals surface area contributed by atoms with Crippen molar-refractivity contribution in [1.82, 2.24) is 4.57 Å². The second-order valence-corrected chi connectivity index (χ2v) is 9.27. The number of ether oxygens (including phenoxy) is 1. The third-order valence-corrected chi connectivity index (χ3v) is 6.85. The fourth-order valence-corrected chi connectivity index (χ4v) is 5.19. The number of hydrogen-bond donors (Lipinski definition) is 0. The number of nitrogens with zero attached hydrogens (tertiary/aromatic N) is 2. The predicted octanol–water partition coefficient (Wildman–Crippen LogP) is 2.60. The number of hydrogen-bond acceptors (Lipinski definition) is 5. The van der Waals surface area contributed by atoms with Crippen LogP contribution in [0.2, 0.25) is 0 Å². The third kappa shape index (κ3) is 4.28. The second-order valence-electron chi connectivity index (χ2n) is 6.23. The maximum absolute atomic E-state index is 12.3. The maximum atomic E-state index is 12.3. The van der Waals surface area contributed by atoms with Crippen LogP contribution in [0, 0.1) is 6.92 Å². The zero-order valence-electron chi connectivity index (χ0n) is 15.3. The SMILES string of the molecule is COc1ccc(C)c2sc(=NC(=O)CS(=O)(=O)Cc3ccccc3)n(C)c12. The van der Waals surface area contributed by atoms with Gasteiger partial charge in [-0.1, -0.05) is 47.7 Å². The van der Waals surface area contributed by atoms with E-state index in [9.17, 15) is 13.2 Å². The summed E-state index contributed by atoms with van der Waals surface area (Å²) in [4.78, 5) is 16.8. The molecule has 6 nitrogen and oxygen atoms in total. The van der Waals surface area contributed by atoms with Crippen molar-refractivity contribution in [2.75, 3.05) is 12.9 Å². The summed E-state index contributed by atoms with van der Waals surface area (Å²) in [7, 11) is -0.224. The number of thiazole rings is 1. The molecule has 3 rings (SSSR count). The summed E-state index contributed by atoms with van der Waals surface area (Å²) in [6, 6.07) is 12.6. The molecule has 0 saturated carbocycles. The largest absolute Gasteiger partial charge is 0.495 e. The highest BCUT2D eigenvalue weighted by atomic mass is 32.2. The van der Waals surface area contributed by atoms with E-state index in [1.54, 1.807) is 43.0 Å². The van der Waals surface area contributed by atoms with E-state index in [0.29, 0.717) is 16.1 Å². The van der Waals surface area contributed by atoms with Crippen molar-refractivity contribution in [3.63, 3.8) is 0 Å². The molecule has 0 N–H and O–H groups in total. The first-order chi connectivity index (χ1) is 12.8. The molecule has 0 spiro atoms. The van der Waals surface area contributed by atoms with Crippen LogP contribution >= 0.6 is 11.3 Å². The van der Waals surface area contributed by atoms with Gasteiger partial charge in [-0.15, -0.1) is 0 Å². The van der Waals surface area contributed by atoms with Crippen LogP contribution < -0.4 is 9.54 Å². The van der Waals surface area contributed by atoms with Crippen LogP contribution in [-0.4, -0.2) is 31.8 Å². The van der Waals surface area contributed by atoms with Crippen LogP contribution in [0.5, 0.6) is 5.75 Å². The summed E-state index contributed by atoms with van der Waals surface area (Å²) < 4.78 is 32.7. The number of fused-ring (bicyclic) bond motifs is 1. The molecule has 0 atom stereocenters. The monoisotopic (exact) mass is 404 g/mol. The van der Waals surface area contributed by atoms with Crippen molar-refractivity contribution in [1.29, 1.82) is 0 Å². The van der Waals surface area contributed by atoms with Crippen LogP contribution in [0.1, 0.15) is 11.1 Å². The molecule has 142 valence electrons. The van der Waals surface area contributed by atoms with Crippen LogP contribution in [0.3, 0.4) is 0 Å². The van der Waals surface area contributed by atoms with Crippen molar-refractivity contribution in [3.05, 3.63) is 58.4 Å². The minimum Gasteiger partial charge on any atom is -0.495 e. The molecule has 0 radical (unpaired) electrons. The summed E-state index contributed by atoms with van der Waals surface area (Å²) in [5.41, 5.74) is 2.52. The van der Waals surface area contributed by atoms with E-state index < -0.39 is 21.5 Å². The Hall–Kier alpha value is -2.45. The van der Waals surface area contributed by atoms with Crippen LogP contribution in [-0.2, 0) is 27.4 Å². The van der Waals surface area contributed by atoms with Gasteiger partial charge in [-0.3, -0.25) is 4.79 Å². The first kappa shape index (κ1) is 19.3. The average Bonchev–Trinajstić information content (AvgIpc) is 2.93. The number of sulfone groups is 1. The van der Waals surface area contributed by atoms with Crippen LogP contribution in [0.15, 0.2) is 47.5 Å². The summed E-state index contributed by atoms with van der Waals surface area (Å²) in [6.45, 7) is 1.97. The fourth-order valence-electron chi connectivity index (χ4n) is 2.82. The minimum atomic E-state index is -3.59. The molecule has 27 heavy (non-hydrogen) atoms. The molecule has 0 unspecified atom stereocenters. The van der Waals surface area contributed by atoms with Gasteiger partial charge < -0.3 is 9.30 Å². The molecule has 0 saturated heterocycles. The summed E-state index contributed by atoms with van der Waals surface area (Å²) in [5, 5.41) is 0. The molecule has 0 bridgehead atoms. The Morgan fingerprint density at radius 2 is 1.89 bits per heavy atom. The molecular formula is C19H20N2O4S2. The highest BCUT2D eigenvalue weighted by molar-refractivity contribution is 7.91. The van der Waals surface area contributed by atoms with Gasteiger partial charge in [0.1, 0.15) is 17.0 Å². The van der Waals surface area contributed by atoms with Crippen molar-refractivity contribution < 1.29 is 17.9 Å². The number of aryl methyl sites for hydroxylation is 2. The minimum absolute atomic E-state index is 0.180. The first-order valence-electron chi connectivity index (χ1n) is 8.26. The molecule has 0 fully saturated rings. The molecule has 0 aliphatic rings. The van der Waals surface area contributed by atoms with Gasteiger partial charge in [0, 0.05) is 7.05 Å². The summed E-state index contributed by atoms with van der Waals surface area (Å²) >= 11 is 1.34. The van der Waals surface area contributed by atoms with Gasteiger partial charge >= 0.3 is 0 Å². The molecular weight excluding hydrogens is 384 g/mol. The first-order valence-corrected chi connectivity index (χ1v) is 10.9. The summed E-state index contributed by atoms with van der Waals surface area (Å²) in [6.07, 6.45) is 0. The number of carbonyl (C=O) groups excluding carboxylic acids is 1. The van der Waals surface area contributed by atoms with Crippen molar-refractivity contribution in [3.8, 4) is 5.75 Å². The molecule has 1 aromatic heterocycles. The molecule has 0 aliphatic heterocycles. The van der Waals surface area contributed by atoms with Crippen LogP contribution in [0.25, 0.3) is 10.2 Å². The zero-order chi connectivity index (χ0) is 19.6. The number of carbonyl (C=O) groups is 1. The highest BCUT2D eigenvalue weighted by Gasteiger charge is 2.18. The lowest BCUT2D eigenvalue weighted by atomic mass is 10.2. The Balaban J connectivity index is 1.91. The third-order valence-electron chi connectivity index (χ3n) is 4.12. The van der Waals surface area contributed by atoms with Crippen molar-refractivity contribution in [2.45, 2.75) is 12.7 Å². The van der Waals surface area contributed by atoms with Gasteiger partial charge in [0.15, 0.2) is 14.6 Å². The topological polar surface area (TPSA) is 77.7 Å². The number of rotatable bonds is 5. The molecule has 1 heterocycles. The van der Waals surface area contributed by atoms with E-state index in [1.165, 1.54) is 11.3 Å². The molecule has 1 amide bonds. The smallest absolute Gasteiger partial charge is 0.263 e. The van der Waals surface area contributed by atoms with Gasteiger partial charge in [-0.25, -0.2) is 8.42 Å². The average molecular weight is 405 g/mol. The molecule has 8 heteroatoms. The van der Waals surface area contributed by atoms with Gasteiger partial charge in [0.25, 0.3) is 5.91 Å². The van der Waals surface area contributed by atoms with Gasteiger partial charge in [0.2, 0.25) is 0 Å². The quantitative estimate of drug-likeness (QED) is 0.655. The highest BCUT2D eigenvalue weighted by Crippen LogP contribution is 2.29. The normalized spacial score (nSPS) is 12.5. The van der Waals surface area contributed by atoms with E-state index in [2.05, 4.69) is 4.99 Å². The lowest BCUT2D eigenvalue weighted by Crippen LogP contribution is -2.20. The fraction of sp³-hybridized carbons (Fsp3) is 0.263. The number of aromatic nitrogens is 1. The lowest BCUT2D eigenvalue weighted by Gasteiger charge is -2.05. The Morgan fingerprint density at radius 3 is 2.56 bits per heavy atom. The Labute approximate surface area is 161 Å². The summed E-state index contributed by atoms with van der Waals surface area (Å²) in [5.74, 6) is -0.794. The Kier molecular flexibility index (Phi) is 5.48. The van der Waals surface area contributed by atoms with Crippen molar-refractivity contribution >= 4 is 37.3 Å². The van der Waals surface area contributed by atoms with Gasteiger partial charge in [-0.2, -0.15) is 4.99 Å². The molecule has 3 aromatic rings. The maximum Gasteiger partial charge on any atom is 0.263 e. The molecule has 2 aromatic carbocycles. The number of benzene rings is 2.